The predicted molar refractivity (Wildman–Crippen MR) is 73.7 cm³/mol. The molecule has 2 heteroatoms. The van der Waals surface area contributed by atoms with Gasteiger partial charge in [-0.3, -0.25) is 0 Å². The van der Waals surface area contributed by atoms with Crippen molar-refractivity contribution in [2.45, 2.75) is 20.8 Å². The number of fused-ring (bicyclic) bond motifs is 1. The zero-order valence-corrected chi connectivity index (χ0v) is 10.8. The first kappa shape index (κ1) is 11.0. The summed E-state index contributed by atoms with van der Waals surface area (Å²) in [6.45, 7) is 6.23. The molecule has 0 saturated heterocycles. The van der Waals surface area contributed by atoms with Crippen LogP contribution in [0.4, 0.5) is 0 Å². The van der Waals surface area contributed by atoms with Crippen LogP contribution in [0.1, 0.15) is 16.7 Å². The molecule has 0 spiro atoms. The van der Waals surface area contributed by atoms with E-state index in [0.717, 1.165) is 16.7 Å². The quantitative estimate of drug-likeness (QED) is 0.626. The number of hydrogen-bond acceptors (Lipinski definition) is 2. The average Bonchev–Trinajstić information content (AvgIpc) is 2.70. The molecule has 0 atom stereocenters. The molecule has 3 aromatic rings. The van der Waals surface area contributed by atoms with Gasteiger partial charge in [-0.05, 0) is 50.6 Å². The fourth-order valence-corrected chi connectivity index (χ4v) is 2.26. The molecule has 0 unspecified atom stereocenters. The molecule has 2 aromatic carbocycles. The summed E-state index contributed by atoms with van der Waals surface area (Å²) in [5, 5.41) is 0. The van der Waals surface area contributed by atoms with E-state index >= 15 is 0 Å². The minimum absolute atomic E-state index is 0.697. The van der Waals surface area contributed by atoms with E-state index in [0.29, 0.717) is 5.89 Å². The Kier molecular flexibility index (Phi) is 2.44. The van der Waals surface area contributed by atoms with Crippen LogP contribution in [0.2, 0.25) is 0 Å². The van der Waals surface area contributed by atoms with E-state index in [1.165, 1.54) is 16.7 Å². The van der Waals surface area contributed by atoms with Crippen LogP contribution in [0.15, 0.2) is 40.8 Å². The monoisotopic (exact) mass is 237 g/mol. The van der Waals surface area contributed by atoms with Crippen molar-refractivity contribution in [1.29, 1.82) is 0 Å². The maximum atomic E-state index is 5.81. The van der Waals surface area contributed by atoms with Crippen molar-refractivity contribution < 1.29 is 4.42 Å². The van der Waals surface area contributed by atoms with Gasteiger partial charge in [-0.15, -0.1) is 0 Å². The third kappa shape index (κ3) is 1.90. The van der Waals surface area contributed by atoms with Crippen molar-refractivity contribution in [3.63, 3.8) is 0 Å². The van der Waals surface area contributed by atoms with Crippen molar-refractivity contribution in [1.82, 2.24) is 4.98 Å². The highest BCUT2D eigenvalue weighted by molar-refractivity contribution is 5.77. The minimum atomic E-state index is 0.697. The predicted octanol–water partition coefficient (Wildman–Crippen LogP) is 4.42. The highest BCUT2D eigenvalue weighted by Crippen LogP contribution is 2.26. The van der Waals surface area contributed by atoms with Crippen LogP contribution in [0, 0.1) is 20.8 Å². The first-order valence-electron chi connectivity index (χ1n) is 6.08. The number of oxazole rings is 1. The molecule has 18 heavy (non-hydrogen) atoms. The lowest BCUT2D eigenvalue weighted by atomic mass is 10.1. The molecule has 1 heterocycles. The zero-order valence-electron chi connectivity index (χ0n) is 10.8. The van der Waals surface area contributed by atoms with Gasteiger partial charge in [0.25, 0.3) is 0 Å². The summed E-state index contributed by atoms with van der Waals surface area (Å²) >= 11 is 0. The van der Waals surface area contributed by atoms with Crippen LogP contribution in [0.25, 0.3) is 22.6 Å². The number of aromatic nitrogens is 1. The van der Waals surface area contributed by atoms with Crippen molar-refractivity contribution in [2.75, 3.05) is 0 Å². The molecule has 0 aliphatic rings. The van der Waals surface area contributed by atoms with Crippen molar-refractivity contribution in [3.8, 4) is 11.5 Å². The third-order valence-corrected chi connectivity index (χ3v) is 3.01. The van der Waals surface area contributed by atoms with E-state index < -0.39 is 0 Å². The van der Waals surface area contributed by atoms with E-state index in [1.54, 1.807) is 0 Å². The van der Waals surface area contributed by atoms with Crippen LogP contribution >= 0.6 is 0 Å². The molecule has 0 saturated carbocycles. The van der Waals surface area contributed by atoms with E-state index in [-0.39, 0.29) is 0 Å². The molecule has 0 bridgehead atoms. The number of benzene rings is 2. The molecule has 1 aromatic heterocycles. The van der Waals surface area contributed by atoms with Crippen LogP contribution in [-0.2, 0) is 0 Å². The molecule has 0 fully saturated rings. The molecule has 90 valence electrons. The number of rotatable bonds is 1. The second-order valence-corrected chi connectivity index (χ2v) is 4.87. The molecule has 0 aliphatic heterocycles. The first-order valence-corrected chi connectivity index (χ1v) is 6.08. The zero-order chi connectivity index (χ0) is 12.7. The summed E-state index contributed by atoms with van der Waals surface area (Å²) < 4.78 is 5.81. The van der Waals surface area contributed by atoms with Gasteiger partial charge < -0.3 is 4.42 Å². The van der Waals surface area contributed by atoms with Crippen molar-refractivity contribution >= 4 is 11.1 Å². The molecule has 0 radical (unpaired) electrons. The van der Waals surface area contributed by atoms with Gasteiger partial charge in [0.05, 0.1) is 0 Å². The summed E-state index contributed by atoms with van der Waals surface area (Å²) in [6, 6.07) is 12.4. The standard InChI is InChI=1S/C16H15NO/c1-10-4-5-15-14(9-10)17-16(18-15)13-7-11(2)6-12(3)8-13/h4-9H,1-3H3. The smallest absolute Gasteiger partial charge is 0.227 e. The fraction of sp³-hybridized carbons (Fsp3) is 0.188. The van der Waals surface area contributed by atoms with Gasteiger partial charge in [0.15, 0.2) is 5.58 Å². The van der Waals surface area contributed by atoms with Crippen molar-refractivity contribution in [3.05, 3.63) is 53.1 Å². The molecule has 2 nitrogen and oxygen atoms in total. The van der Waals surface area contributed by atoms with Crippen LogP contribution < -0.4 is 0 Å². The fourth-order valence-electron chi connectivity index (χ4n) is 2.26. The van der Waals surface area contributed by atoms with Gasteiger partial charge in [0, 0.05) is 5.56 Å². The van der Waals surface area contributed by atoms with Gasteiger partial charge in [0.2, 0.25) is 5.89 Å². The minimum Gasteiger partial charge on any atom is -0.436 e. The SMILES string of the molecule is Cc1cc(C)cc(-c2nc3cc(C)ccc3o2)c1. The summed E-state index contributed by atoms with van der Waals surface area (Å²) in [5.41, 5.74) is 6.45. The Bertz CT molecular complexity index is 705. The second kappa shape index (κ2) is 3.98. The van der Waals surface area contributed by atoms with E-state index in [9.17, 15) is 0 Å². The average molecular weight is 237 g/mol. The topological polar surface area (TPSA) is 26.0 Å². The van der Waals surface area contributed by atoms with E-state index in [4.69, 9.17) is 4.42 Å². The summed E-state index contributed by atoms with van der Waals surface area (Å²) in [7, 11) is 0. The Balaban J connectivity index is 2.19. The Morgan fingerprint density at radius 2 is 1.56 bits per heavy atom. The van der Waals surface area contributed by atoms with Crippen molar-refractivity contribution in [2.24, 2.45) is 0 Å². The number of hydrogen-bond donors (Lipinski definition) is 0. The lowest BCUT2D eigenvalue weighted by Gasteiger charge is -2.00. The third-order valence-electron chi connectivity index (χ3n) is 3.01. The van der Waals surface area contributed by atoms with Gasteiger partial charge in [-0.1, -0.05) is 23.3 Å². The van der Waals surface area contributed by atoms with E-state index in [2.05, 4.69) is 44.0 Å². The Hall–Kier alpha value is -2.09. The highest BCUT2D eigenvalue weighted by atomic mass is 16.3. The molecule has 0 aliphatic carbocycles. The number of nitrogens with zero attached hydrogens (tertiary/aromatic N) is 1. The molecular weight excluding hydrogens is 222 g/mol. The number of aryl methyl sites for hydroxylation is 3. The normalized spacial score (nSPS) is 11.1. The maximum Gasteiger partial charge on any atom is 0.227 e. The lowest BCUT2D eigenvalue weighted by Crippen LogP contribution is -1.82. The van der Waals surface area contributed by atoms with Crippen LogP contribution in [-0.4, -0.2) is 4.98 Å². The molecular formula is C16H15NO. The molecule has 0 amide bonds. The largest absolute Gasteiger partial charge is 0.436 e. The van der Waals surface area contributed by atoms with Gasteiger partial charge in [-0.25, -0.2) is 4.98 Å². The Labute approximate surface area is 106 Å². The molecule has 3 rings (SSSR count). The summed E-state index contributed by atoms with van der Waals surface area (Å²) in [6.07, 6.45) is 0. The summed E-state index contributed by atoms with van der Waals surface area (Å²) in [5.74, 6) is 0.697. The van der Waals surface area contributed by atoms with Crippen LogP contribution in [0.3, 0.4) is 0 Å². The molecule has 0 N–H and O–H groups in total. The second-order valence-electron chi connectivity index (χ2n) is 4.87. The maximum absolute atomic E-state index is 5.81. The van der Waals surface area contributed by atoms with E-state index in [1.807, 2.05) is 18.2 Å². The lowest BCUT2D eigenvalue weighted by molar-refractivity contribution is 0.619. The highest BCUT2D eigenvalue weighted by Gasteiger charge is 2.08. The van der Waals surface area contributed by atoms with Gasteiger partial charge in [-0.2, -0.15) is 0 Å². The Morgan fingerprint density at radius 3 is 2.28 bits per heavy atom. The Morgan fingerprint density at radius 1 is 0.833 bits per heavy atom. The van der Waals surface area contributed by atoms with Gasteiger partial charge in [0.1, 0.15) is 5.52 Å². The van der Waals surface area contributed by atoms with Gasteiger partial charge >= 0.3 is 0 Å². The first-order chi connectivity index (χ1) is 8.61. The summed E-state index contributed by atoms with van der Waals surface area (Å²) in [4.78, 5) is 4.56. The van der Waals surface area contributed by atoms with Crippen LogP contribution in [0.5, 0.6) is 0 Å².